The first-order valence-electron chi connectivity index (χ1n) is 44.1. The van der Waals surface area contributed by atoms with Gasteiger partial charge >= 0.3 is 0 Å². The van der Waals surface area contributed by atoms with E-state index >= 15 is 0 Å². The van der Waals surface area contributed by atoms with Gasteiger partial charge in [-0.05, 0) is 233 Å². The average molecular weight is 1590 g/mol. The Balaban J connectivity index is 0.943. The summed E-state index contributed by atoms with van der Waals surface area (Å²) in [7, 11) is 0. The van der Waals surface area contributed by atoms with Crippen molar-refractivity contribution in [1.29, 1.82) is 0 Å². The molecule has 4 nitrogen and oxygen atoms in total. The molecule has 0 saturated heterocycles. The van der Waals surface area contributed by atoms with Crippen LogP contribution in [0.5, 0.6) is 0 Å². The molecule has 2 aliphatic heterocycles. The summed E-state index contributed by atoms with van der Waals surface area (Å²) in [5, 5.41) is 12.8. The summed E-state index contributed by atoms with van der Waals surface area (Å²) in [6, 6.07) is 132. The van der Waals surface area contributed by atoms with E-state index in [-0.39, 0.29) is 28.4 Å². The Morgan fingerprint density at radius 1 is 0.211 bits per heavy atom. The van der Waals surface area contributed by atoms with Crippen LogP contribution in [0.4, 0.5) is 34.1 Å². The SMILES string of the molecule is CC(C)(C)c1cccc(-c2cc(-c3ccccc3)cc(-c3cccc(C(C)(C)C)c3)c2N2c3cc(-n4c5ccccc5c5ccccc54)ccc3B3c4ccc(-n5c6ccc7cccc8c9cccc%10ccc5c(c%109)c6c78)cc4N(c4c(-c5cccc(C(C)(C)C)c5)cc(-c5ccccc5)cc4-c4cccc(C(C)(C)C)c4)c4cc(C(C)(C)C)cc2c43)c1. The van der Waals surface area contributed by atoms with Gasteiger partial charge in [0.2, 0.25) is 0 Å². The molecule has 0 bridgehead atoms. The van der Waals surface area contributed by atoms with Crippen LogP contribution in [0.3, 0.4) is 0 Å². The zero-order valence-corrected chi connectivity index (χ0v) is 73.2. The van der Waals surface area contributed by atoms with Gasteiger partial charge in [-0.1, -0.05) is 359 Å². The van der Waals surface area contributed by atoms with Crippen molar-refractivity contribution in [1.82, 2.24) is 9.13 Å². The maximum absolute atomic E-state index is 2.80. The van der Waals surface area contributed by atoms with Gasteiger partial charge in [0.15, 0.2) is 0 Å². The molecule has 0 saturated carbocycles. The highest BCUT2D eigenvalue weighted by Crippen LogP contribution is 2.58. The number of aromatic nitrogens is 2. The lowest BCUT2D eigenvalue weighted by Crippen LogP contribution is -2.61. The smallest absolute Gasteiger partial charge is 0.252 e. The maximum atomic E-state index is 2.80. The Morgan fingerprint density at radius 3 is 0.886 bits per heavy atom. The highest BCUT2D eigenvalue weighted by molar-refractivity contribution is 7.00. The Hall–Kier alpha value is -13.5. The van der Waals surface area contributed by atoms with Crippen molar-refractivity contribution >= 4 is 133 Å². The van der Waals surface area contributed by atoms with Gasteiger partial charge in [-0.25, -0.2) is 0 Å². The van der Waals surface area contributed by atoms with Crippen molar-refractivity contribution in [3.8, 4) is 78.1 Å². The van der Waals surface area contributed by atoms with Crippen molar-refractivity contribution in [2.45, 2.75) is 131 Å². The molecule has 4 heterocycles. The number of hydrogen-bond acceptors (Lipinski definition) is 2. The molecule has 2 aliphatic rings. The Bertz CT molecular complexity index is 7390. The van der Waals surface area contributed by atoms with Crippen LogP contribution in [0, 0.1) is 0 Å². The lowest BCUT2D eigenvalue weighted by molar-refractivity contribution is 0.590. The summed E-state index contributed by atoms with van der Waals surface area (Å²) in [5.74, 6) is 0. The summed E-state index contributed by atoms with van der Waals surface area (Å²) in [6.45, 7) is 35.3. The first kappa shape index (κ1) is 75.7. The lowest BCUT2D eigenvalue weighted by atomic mass is 9.33. The van der Waals surface area contributed by atoms with Crippen molar-refractivity contribution in [2.75, 3.05) is 9.80 Å². The number of anilines is 6. The lowest BCUT2D eigenvalue weighted by Gasteiger charge is -2.46. The van der Waals surface area contributed by atoms with Gasteiger partial charge in [0, 0.05) is 77.9 Å². The molecule has 0 unspecified atom stereocenters. The molecule has 0 spiro atoms. The van der Waals surface area contributed by atoms with Crippen LogP contribution in [0.1, 0.15) is 132 Å². The van der Waals surface area contributed by atoms with E-state index in [0.717, 1.165) is 123 Å². The zero-order valence-electron chi connectivity index (χ0n) is 73.2. The minimum Gasteiger partial charge on any atom is -0.310 e. The van der Waals surface area contributed by atoms with Crippen LogP contribution >= 0.6 is 0 Å². The molecule has 2 aromatic heterocycles. The normalized spacial score (nSPS) is 13.3. The Labute approximate surface area is 723 Å². The molecular formula is C118H101BN4. The molecule has 596 valence electrons. The van der Waals surface area contributed by atoms with Crippen LogP contribution in [0.25, 0.3) is 154 Å². The van der Waals surface area contributed by atoms with Gasteiger partial charge in [-0.15, -0.1) is 0 Å². The summed E-state index contributed by atoms with van der Waals surface area (Å²) in [4.78, 5) is 5.59. The van der Waals surface area contributed by atoms with Crippen LogP contribution in [0.15, 0.2) is 340 Å². The van der Waals surface area contributed by atoms with E-state index in [2.05, 4.69) is 463 Å². The Kier molecular flexibility index (Phi) is 16.9. The largest absolute Gasteiger partial charge is 0.310 e. The third kappa shape index (κ3) is 12.1. The molecular weight excluding hydrogens is 1480 g/mol. The fraction of sp³-hybridized carbons (Fsp3) is 0.169. The van der Waals surface area contributed by atoms with E-state index in [1.807, 2.05) is 0 Å². The molecule has 0 atom stereocenters. The second kappa shape index (κ2) is 27.5. The number of nitrogens with zero attached hydrogens (tertiary/aromatic N) is 4. The molecule has 0 aliphatic carbocycles. The number of hydrogen-bond donors (Lipinski definition) is 0. The first-order chi connectivity index (χ1) is 59.2. The zero-order chi connectivity index (χ0) is 84.2. The minimum absolute atomic E-state index is 0.165. The Morgan fingerprint density at radius 2 is 0.528 bits per heavy atom. The van der Waals surface area contributed by atoms with Gasteiger partial charge in [-0.2, -0.15) is 0 Å². The summed E-state index contributed by atoms with van der Waals surface area (Å²) in [5.41, 5.74) is 36.4. The van der Waals surface area contributed by atoms with Crippen molar-refractivity contribution < 1.29 is 0 Å². The van der Waals surface area contributed by atoms with Gasteiger partial charge < -0.3 is 18.9 Å². The van der Waals surface area contributed by atoms with Crippen molar-refractivity contribution in [3.05, 3.63) is 368 Å². The molecule has 0 radical (unpaired) electrons. The predicted molar refractivity (Wildman–Crippen MR) is 530 cm³/mol. The summed E-state index contributed by atoms with van der Waals surface area (Å²) in [6.07, 6.45) is 0. The summed E-state index contributed by atoms with van der Waals surface area (Å²) < 4.78 is 5.15. The fourth-order valence-electron chi connectivity index (χ4n) is 20.7. The van der Waals surface area contributed by atoms with Crippen LogP contribution in [-0.4, -0.2) is 15.8 Å². The van der Waals surface area contributed by atoms with E-state index < -0.39 is 5.41 Å². The molecule has 22 rings (SSSR count). The van der Waals surface area contributed by atoms with Crippen LogP contribution in [-0.2, 0) is 27.1 Å². The van der Waals surface area contributed by atoms with Crippen molar-refractivity contribution in [2.24, 2.45) is 0 Å². The molecule has 5 heteroatoms. The fourth-order valence-corrected chi connectivity index (χ4v) is 20.7. The van der Waals surface area contributed by atoms with Gasteiger partial charge in [0.05, 0.1) is 33.4 Å². The van der Waals surface area contributed by atoms with Crippen molar-refractivity contribution in [3.63, 3.8) is 0 Å². The number of benzene rings is 18. The van der Waals surface area contributed by atoms with E-state index in [1.54, 1.807) is 0 Å². The highest BCUT2D eigenvalue weighted by Gasteiger charge is 2.47. The van der Waals surface area contributed by atoms with Gasteiger partial charge in [-0.3, -0.25) is 0 Å². The van der Waals surface area contributed by atoms with Gasteiger partial charge in [0.1, 0.15) is 0 Å². The molecule has 123 heavy (non-hydrogen) atoms. The van der Waals surface area contributed by atoms with E-state index in [9.17, 15) is 0 Å². The van der Waals surface area contributed by atoms with E-state index in [1.165, 1.54) is 109 Å². The quantitative estimate of drug-likeness (QED) is 0.0771. The number of fused-ring (bicyclic) bond motifs is 8. The summed E-state index contributed by atoms with van der Waals surface area (Å²) >= 11 is 0. The third-order valence-corrected chi connectivity index (χ3v) is 27.1. The standard InChI is InChI=1S/C118H101BN4/c1-114(2,3)82-42-26-38-76(60-82)93-64-80(72-32-18-16-19-33-72)65-94(77-39-27-43-83(61-77)115(4,5)6)112(93)122-103-70-87(120-99-50-24-22-46-89(99)90-47-23-25-51-100(90)120)54-56-97(103)119-98-57-55-88(121-101-58-52-74-36-30-48-91-92-49-31-37-75-53-59-102(121)110(108(75)92)109(101)107(74)91)71-104(98)123(106-69-86(118(13,14)15)68-105(122)111(106)119)113-95(78-40-28-44-84(62-78)116(7,8)9)66-81(73-34-20-17-21-35-73)67-96(113)79-41-29-45-85(63-79)117(10,11)12/h16-71H,1-15H3. The second-order valence-corrected chi connectivity index (χ2v) is 40.1. The molecule has 20 aromatic rings. The average Bonchev–Trinajstić information content (AvgIpc) is 1.67. The number of para-hydroxylation sites is 2. The van der Waals surface area contributed by atoms with E-state index in [4.69, 9.17) is 0 Å². The number of rotatable bonds is 10. The van der Waals surface area contributed by atoms with E-state index in [0.29, 0.717) is 0 Å². The molecule has 0 amide bonds. The second-order valence-electron chi connectivity index (χ2n) is 40.1. The first-order valence-corrected chi connectivity index (χ1v) is 44.1. The third-order valence-electron chi connectivity index (χ3n) is 27.1. The molecule has 18 aromatic carbocycles. The highest BCUT2D eigenvalue weighted by atomic mass is 15.2. The maximum Gasteiger partial charge on any atom is 0.252 e. The van der Waals surface area contributed by atoms with Crippen LogP contribution < -0.4 is 26.2 Å². The predicted octanol–water partition coefficient (Wildman–Crippen LogP) is 30.8. The van der Waals surface area contributed by atoms with Gasteiger partial charge in [0.25, 0.3) is 6.71 Å². The van der Waals surface area contributed by atoms with Crippen LogP contribution in [0.2, 0.25) is 0 Å². The molecule has 0 N–H and O–H groups in total. The topological polar surface area (TPSA) is 16.3 Å². The monoisotopic (exact) mass is 1580 g/mol. The molecule has 0 fully saturated rings. The minimum atomic E-state index is -0.403.